The van der Waals surface area contributed by atoms with Crippen LogP contribution in [0, 0.1) is 0 Å². The molecule has 13 heavy (non-hydrogen) atoms. The molecule has 0 aliphatic heterocycles. The van der Waals surface area contributed by atoms with Crippen LogP contribution in [0.1, 0.15) is 0 Å². The Labute approximate surface area is 86.1 Å². The highest BCUT2D eigenvalue weighted by atomic mass is 35.5. The Bertz CT molecular complexity index is 374. The molecule has 0 amide bonds. The quantitative estimate of drug-likeness (QED) is 0.790. The minimum atomic E-state index is 0. The molecule has 2 aromatic rings. The first-order valence-corrected chi connectivity index (χ1v) is 4.34. The molecule has 0 atom stereocenters. The highest BCUT2D eigenvalue weighted by molar-refractivity contribution is 7.14. The van der Waals surface area contributed by atoms with Gasteiger partial charge in [-0.25, -0.2) is 9.97 Å². The summed E-state index contributed by atoms with van der Waals surface area (Å²) in [7, 11) is 0. The van der Waals surface area contributed by atoms with Crippen LogP contribution in [0.3, 0.4) is 0 Å². The van der Waals surface area contributed by atoms with Crippen molar-refractivity contribution in [1.82, 2.24) is 9.97 Å². The van der Waals surface area contributed by atoms with Crippen LogP contribution in [-0.2, 0) is 0 Å². The lowest BCUT2D eigenvalue weighted by molar-refractivity contribution is 1.17. The van der Waals surface area contributed by atoms with Gasteiger partial charge in [0, 0.05) is 17.1 Å². The highest BCUT2D eigenvalue weighted by Gasteiger charge is 1.99. The molecular weight excluding hydrogens is 206 g/mol. The molecule has 0 aliphatic carbocycles. The van der Waals surface area contributed by atoms with Crippen molar-refractivity contribution in [2.45, 2.75) is 0 Å². The first kappa shape index (κ1) is 9.95. The van der Waals surface area contributed by atoms with Crippen LogP contribution >= 0.6 is 23.7 Å². The maximum atomic E-state index is 5.59. The summed E-state index contributed by atoms with van der Waals surface area (Å²) in [6, 6.07) is 3.77. The topological polar surface area (TPSA) is 51.8 Å². The van der Waals surface area contributed by atoms with E-state index in [0.29, 0.717) is 0 Å². The molecule has 2 rings (SSSR count). The summed E-state index contributed by atoms with van der Waals surface area (Å²) in [6.07, 6.45) is 3.25. The third-order valence-electron chi connectivity index (χ3n) is 1.50. The molecule has 0 spiro atoms. The number of nitrogen functional groups attached to an aromatic ring is 1. The Morgan fingerprint density at radius 1 is 1.38 bits per heavy atom. The van der Waals surface area contributed by atoms with Gasteiger partial charge in [0.2, 0.25) is 0 Å². The minimum Gasteiger partial charge on any atom is -0.391 e. The number of halogens is 1. The van der Waals surface area contributed by atoms with E-state index in [1.165, 1.54) is 17.7 Å². The van der Waals surface area contributed by atoms with Gasteiger partial charge in [-0.1, -0.05) is 0 Å². The van der Waals surface area contributed by atoms with Gasteiger partial charge in [-0.05, 0) is 12.1 Å². The molecule has 0 fully saturated rings. The number of anilines is 1. The number of nitrogens with two attached hydrogens (primary N) is 1. The predicted molar refractivity (Wildman–Crippen MR) is 57.0 cm³/mol. The van der Waals surface area contributed by atoms with Gasteiger partial charge in [-0.2, -0.15) is 0 Å². The van der Waals surface area contributed by atoms with Crippen LogP contribution in [0.2, 0.25) is 0 Å². The summed E-state index contributed by atoms with van der Waals surface area (Å²) in [5.74, 6) is 0. The third kappa shape index (κ3) is 2.17. The number of rotatable bonds is 1. The molecule has 5 heteroatoms. The van der Waals surface area contributed by atoms with Crippen LogP contribution in [-0.4, -0.2) is 9.97 Å². The largest absolute Gasteiger partial charge is 0.391 e. The number of hydrogen-bond donors (Lipinski definition) is 1. The molecule has 3 nitrogen and oxygen atoms in total. The molecule has 68 valence electrons. The van der Waals surface area contributed by atoms with Gasteiger partial charge in [0.25, 0.3) is 0 Å². The average molecular weight is 214 g/mol. The van der Waals surface area contributed by atoms with E-state index in [0.717, 1.165) is 16.3 Å². The van der Waals surface area contributed by atoms with Crippen molar-refractivity contribution >= 4 is 28.7 Å². The number of nitrogens with zero attached hydrogens (tertiary/aromatic N) is 2. The molecular formula is C8H8ClN3S. The van der Waals surface area contributed by atoms with Gasteiger partial charge in [0.1, 0.15) is 6.33 Å². The average Bonchev–Trinajstić information content (AvgIpc) is 2.54. The van der Waals surface area contributed by atoms with Gasteiger partial charge in [-0.15, -0.1) is 23.7 Å². The van der Waals surface area contributed by atoms with Crippen molar-refractivity contribution in [3.63, 3.8) is 0 Å². The standard InChI is InChI=1S/C8H7N3S.ClH/c9-8-3-6(4-12-8)7-1-2-10-5-11-7;/h1-5H,9H2;1H. The lowest BCUT2D eigenvalue weighted by Crippen LogP contribution is -1.81. The first-order valence-electron chi connectivity index (χ1n) is 3.46. The van der Waals surface area contributed by atoms with E-state index in [-0.39, 0.29) is 12.4 Å². The maximum Gasteiger partial charge on any atom is 0.116 e. The lowest BCUT2D eigenvalue weighted by atomic mass is 10.2. The van der Waals surface area contributed by atoms with Crippen LogP contribution in [0.5, 0.6) is 0 Å². The van der Waals surface area contributed by atoms with Gasteiger partial charge < -0.3 is 5.73 Å². The van der Waals surface area contributed by atoms with Crippen LogP contribution in [0.4, 0.5) is 5.00 Å². The zero-order chi connectivity index (χ0) is 8.39. The zero-order valence-electron chi connectivity index (χ0n) is 6.68. The molecule has 0 aromatic carbocycles. The Kier molecular flexibility index (Phi) is 3.22. The Balaban J connectivity index is 0.000000845. The van der Waals surface area contributed by atoms with Crippen LogP contribution in [0.25, 0.3) is 11.3 Å². The molecule has 0 radical (unpaired) electrons. The van der Waals surface area contributed by atoms with Crippen molar-refractivity contribution in [3.8, 4) is 11.3 Å². The Morgan fingerprint density at radius 2 is 2.23 bits per heavy atom. The first-order chi connectivity index (χ1) is 5.86. The summed E-state index contributed by atoms with van der Waals surface area (Å²) in [6.45, 7) is 0. The predicted octanol–water partition coefficient (Wildman–Crippen LogP) is 2.21. The second-order valence-corrected chi connectivity index (χ2v) is 3.28. The van der Waals surface area contributed by atoms with Gasteiger partial charge >= 0.3 is 0 Å². The van der Waals surface area contributed by atoms with E-state index in [1.807, 2.05) is 17.5 Å². The van der Waals surface area contributed by atoms with Crippen molar-refractivity contribution < 1.29 is 0 Å². The van der Waals surface area contributed by atoms with Crippen molar-refractivity contribution in [3.05, 3.63) is 30.0 Å². The summed E-state index contributed by atoms with van der Waals surface area (Å²) in [5, 5.41) is 2.79. The summed E-state index contributed by atoms with van der Waals surface area (Å²) < 4.78 is 0. The van der Waals surface area contributed by atoms with Gasteiger partial charge in [0.15, 0.2) is 0 Å². The van der Waals surface area contributed by atoms with Crippen molar-refractivity contribution in [2.75, 3.05) is 5.73 Å². The SMILES string of the molecule is Cl.Nc1cc(-c2ccncn2)cs1. The summed E-state index contributed by atoms with van der Waals surface area (Å²) in [5.41, 5.74) is 7.56. The van der Waals surface area contributed by atoms with Crippen LogP contribution < -0.4 is 5.73 Å². The fourth-order valence-corrected chi connectivity index (χ4v) is 1.60. The molecule has 0 saturated carbocycles. The lowest BCUT2D eigenvalue weighted by Gasteiger charge is -1.92. The number of thiophene rings is 1. The van der Waals surface area contributed by atoms with E-state index in [2.05, 4.69) is 9.97 Å². The van der Waals surface area contributed by atoms with E-state index < -0.39 is 0 Å². The highest BCUT2D eigenvalue weighted by Crippen LogP contribution is 2.24. The smallest absolute Gasteiger partial charge is 0.116 e. The summed E-state index contributed by atoms with van der Waals surface area (Å²) >= 11 is 1.52. The molecule has 2 N–H and O–H groups in total. The maximum absolute atomic E-state index is 5.59. The fraction of sp³-hybridized carbons (Fsp3) is 0. The summed E-state index contributed by atoms with van der Waals surface area (Å²) in [4.78, 5) is 7.94. The Hall–Kier alpha value is -1.13. The molecule has 2 heterocycles. The normalized spacial score (nSPS) is 9.23. The van der Waals surface area contributed by atoms with E-state index in [4.69, 9.17) is 5.73 Å². The molecule has 0 unspecified atom stereocenters. The van der Waals surface area contributed by atoms with E-state index in [1.54, 1.807) is 6.20 Å². The second-order valence-electron chi connectivity index (χ2n) is 2.33. The Morgan fingerprint density at radius 3 is 2.77 bits per heavy atom. The molecule has 0 bridgehead atoms. The monoisotopic (exact) mass is 213 g/mol. The molecule has 2 aromatic heterocycles. The van der Waals surface area contributed by atoms with E-state index >= 15 is 0 Å². The number of aromatic nitrogens is 2. The fourth-order valence-electron chi connectivity index (χ4n) is 0.949. The van der Waals surface area contributed by atoms with Gasteiger partial charge in [-0.3, -0.25) is 0 Å². The molecule has 0 saturated heterocycles. The van der Waals surface area contributed by atoms with Crippen LogP contribution in [0.15, 0.2) is 30.0 Å². The van der Waals surface area contributed by atoms with E-state index in [9.17, 15) is 0 Å². The molecule has 0 aliphatic rings. The number of hydrogen-bond acceptors (Lipinski definition) is 4. The minimum absolute atomic E-state index is 0. The van der Waals surface area contributed by atoms with Crippen molar-refractivity contribution in [1.29, 1.82) is 0 Å². The third-order valence-corrected chi connectivity index (χ3v) is 2.26. The van der Waals surface area contributed by atoms with Crippen molar-refractivity contribution in [2.24, 2.45) is 0 Å². The zero-order valence-corrected chi connectivity index (χ0v) is 8.31. The van der Waals surface area contributed by atoms with Gasteiger partial charge in [0.05, 0.1) is 10.7 Å². The second kappa shape index (κ2) is 4.20.